The van der Waals surface area contributed by atoms with Gasteiger partial charge in [-0.1, -0.05) is 76.0 Å². The first-order chi connectivity index (χ1) is 17.7. The van der Waals surface area contributed by atoms with Crippen molar-refractivity contribution < 1.29 is 0 Å². The van der Waals surface area contributed by atoms with E-state index in [9.17, 15) is 0 Å². The van der Waals surface area contributed by atoms with Crippen molar-refractivity contribution in [3.05, 3.63) is 49.6 Å². The molecule has 7 aliphatic carbocycles. The molecule has 36 heavy (non-hydrogen) atoms. The Morgan fingerprint density at radius 3 is 1.67 bits per heavy atom. The summed E-state index contributed by atoms with van der Waals surface area (Å²) in [5.41, 5.74) is 0. The second-order valence-electron chi connectivity index (χ2n) is 13.7. The predicted molar refractivity (Wildman–Crippen MR) is 157 cm³/mol. The van der Waals surface area contributed by atoms with Crippen molar-refractivity contribution in [3.63, 3.8) is 0 Å². The number of hydrogen-bond acceptors (Lipinski definition) is 0. The first-order valence-corrected chi connectivity index (χ1v) is 16.3. The largest absolute Gasteiger partial charge is 0.103 e. The predicted octanol–water partition coefficient (Wildman–Crippen LogP) is 10.4. The van der Waals surface area contributed by atoms with Crippen molar-refractivity contribution >= 4 is 0 Å². The Kier molecular flexibility index (Phi) is 9.01. The molecule has 0 nitrogen and oxygen atoms in total. The summed E-state index contributed by atoms with van der Waals surface area (Å²) >= 11 is 0. The topological polar surface area (TPSA) is 0 Å². The van der Waals surface area contributed by atoms with Gasteiger partial charge >= 0.3 is 0 Å². The van der Waals surface area contributed by atoms with E-state index in [1.807, 2.05) is 6.08 Å². The van der Waals surface area contributed by atoms with Gasteiger partial charge in [-0.15, -0.1) is 13.2 Å². The van der Waals surface area contributed by atoms with Crippen LogP contribution in [0.25, 0.3) is 0 Å². The van der Waals surface area contributed by atoms with Crippen LogP contribution < -0.4 is 0 Å². The summed E-state index contributed by atoms with van der Waals surface area (Å²) in [5, 5.41) is 0. The van der Waals surface area contributed by atoms with Gasteiger partial charge in [0.15, 0.2) is 0 Å². The lowest BCUT2D eigenvalue weighted by Crippen LogP contribution is -2.25. The standard InChI is InChI=1S/C18H28.C12H16.C6H12/c1-3-5-6-7-8-14-11-13(4-2)17-15-9-10-16(12-15)18(14)17;1-2-8-5-7(1)11-9-3-4-10(6-9)12(8)11;1-3-5-6-4-2/h4,7-8,13-18H,2-3,5-6,9-12H2,1H3;1-2,7-12H,3-6H2;3H,1,4-6H2,2H3/b8-7+;;. The van der Waals surface area contributed by atoms with Gasteiger partial charge in [0, 0.05) is 0 Å². The van der Waals surface area contributed by atoms with Crippen LogP contribution in [0.4, 0.5) is 0 Å². The summed E-state index contributed by atoms with van der Waals surface area (Å²) < 4.78 is 0. The number of allylic oxidation sites excluding steroid dienone is 6. The number of unbranched alkanes of at least 4 members (excludes halogenated alkanes) is 4. The van der Waals surface area contributed by atoms with Crippen LogP contribution in [0.15, 0.2) is 49.6 Å². The fraction of sp³-hybridized carbons (Fsp3) is 0.778. The zero-order valence-electron chi connectivity index (χ0n) is 23.7. The SMILES string of the molecule is C1=CC2CC1C1C3CCC(C3)C21.C=CC1CC(/C=C/CCCC)C2C3CCC(C3)C12.C=CCCCC. The van der Waals surface area contributed by atoms with Crippen LogP contribution in [0.3, 0.4) is 0 Å². The molecule has 0 aromatic rings. The molecule has 12 atom stereocenters. The minimum Gasteiger partial charge on any atom is -0.103 e. The second-order valence-corrected chi connectivity index (χ2v) is 13.7. The summed E-state index contributed by atoms with van der Waals surface area (Å²) in [6, 6.07) is 0. The maximum Gasteiger partial charge on any atom is -0.0194 e. The summed E-state index contributed by atoms with van der Waals surface area (Å²) in [6.07, 6.45) is 34.3. The van der Waals surface area contributed by atoms with E-state index in [2.05, 4.69) is 57.4 Å². The van der Waals surface area contributed by atoms with Crippen molar-refractivity contribution in [3.8, 4) is 0 Å². The normalized spacial score (nSPS) is 45.8. The molecule has 0 radical (unpaired) electrons. The average Bonchev–Trinajstić information content (AvgIpc) is 3.75. The highest BCUT2D eigenvalue weighted by atomic mass is 14.6. The molecule has 7 aliphatic rings. The van der Waals surface area contributed by atoms with Gasteiger partial charge in [-0.2, -0.15) is 0 Å². The monoisotopic (exact) mass is 488 g/mol. The van der Waals surface area contributed by atoms with Crippen molar-refractivity contribution in [2.75, 3.05) is 0 Å². The molecule has 0 aromatic carbocycles. The molecule has 6 saturated carbocycles. The van der Waals surface area contributed by atoms with Gasteiger partial charge in [0.25, 0.3) is 0 Å². The molecule has 0 spiro atoms. The smallest absolute Gasteiger partial charge is 0.0194 e. The lowest BCUT2D eigenvalue weighted by Gasteiger charge is -2.31. The molecule has 6 fully saturated rings. The van der Waals surface area contributed by atoms with Gasteiger partial charge in [0.1, 0.15) is 0 Å². The van der Waals surface area contributed by atoms with Crippen LogP contribution in [0, 0.1) is 71.0 Å². The van der Waals surface area contributed by atoms with E-state index >= 15 is 0 Å². The lowest BCUT2D eigenvalue weighted by atomic mass is 9.73. The molecular weight excluding hydrogens is 432 g/mol. The Morgan fingerprint density at radius 2 is 1.17 bits per heavy atom. The van der Waals surface area contributed by atoms with E-state index in [0.717, 1.165) is 71.0 Å². The van der Waals surface area contributed by atoms with Crippen molar-refractivity contribution in [1.29, 1.82) is 0 Å². The van der Waals surface area contributed by atoms with Gasteiger partial charge in [-0.3, -0.25) is 0 Å². The fourth-order valence-electron chi connectivity index (χ4n) is 10.7. The van der Waals surface area contributed by atoms with Crippen LogP contribution in [-0.4, -0.2) is 0 Å². The molecule has 0 N–H and O–H groups in total. The average molecular weight is 489 g/mol. The molecule has 7 rings (SSSR count). The minimum atomic E-state index is 0.825. The van der Waals surface area contributed by atoms with E-state index < -0.39 is 0 Å². The first kappa shape index (κ1) is 26.6. The number of fused-ring (bicyclic) bond motifs is 14. The quantitative estimate of drug-likeness (QED) is 0.181. The maximum absolute atomic E-state index is 4.11. The zero-order chi connectivity index (χ0) is 25.1. The molecule has 0 heterocycles. The van der Waals surface area contributed by atoms with E-state index in [0.29, 0.717) is 0 Å². The molecule has 0 amide bonds. The molecule has 0 aromatic heterocycles. The van der Waals surface area contributed by atoms with Gasteiger partial charge < -0.3 is 0 Å². The highest BCUT2D eigenvalue weighted by molar-refractivity contribution is 5.19. The van der Waals surface area contributed by atoms with Gasteiger partial charge in [0.05, 0.1) is 0 Å². The summed E-state index contributed by atoms with van der Waals surface area (Å²) in [4.78, 5) is 0. The molecule has 0 saturated heterocycles. The minimum absolute atomic E-state index is 0.825. The molecule has 0 heteroatoms. The molecule has 0 aliphatic heterocycles. The summed E-state index contributed by atoms with van der Waals surface area (Å²) in [5.74, 6) is 12.5. The van der Waals surface area contributed by atoms with E-state index in [1.54, 1.807) is 25.7 Å². The van der Waals surface area contributed by atoms with E-state index in [-0.39, 0.29) is 0 Å². The molecular formula is C36H56. The van der Waals surface area contributed by atoms with Crippen LogP contribution in [-0.2, 0) is 0 Å². The molecule has 6 bridgehead atoms. The van der Waals surface area contributed by atoms with E-state index in [4.69, 9.17) is 0 Å². The summed E-state index contributed by atoms with van der Waals surface area (Å²) in [7, 11) is 0. The number of rotatable bonds is 8. The third-order valence-electron chi connectivity index (χ3n) is 11.9. The van der Waals surface area contributed by atoms with Crippen LogP contribution in [0.2, 0.25) is 0 Å². The summed E-state index contributed by atoms with van der Waals surface area (Å²) in [6.45, 7) is 12.2. The fourth-order valence-corrected chi connectivity index (χ4v) is 10.7. The van der Waals surface area contributed by atoms with Crippen molar-refractivity contribution in [1.82, 2.24) is 0 Å². The van der Waals surface area contributed by atoms with Crippen molar-refractivity contribution in [2.24, 2.45) is 71.0 Å². The Hall–Kier alpha value is -1.04. The van der Waals surface area contributed by atoms with Crippen LogP contribution in [0.1, 0.15) is 104 Å². The Bertz CT molecular complexity index is 762. The zero-order valence-corrected chi connectivity index (χ0v) is 23.7. The lowest BCUT2D eigenvalue weighted by molar-refractivity contribution is 0.206. The second kappa shape index (κ2) is 12.2. The van der Waals surface area contributed by atoms with Gasteiger partial charge in [0.2, 0.25) is 0 Å². The van der Waals surface area contributed by atoms with Gasteiger partial charge in [-0.05, 0) is 135 Å². The Balaban J connectivity index is 0.000000127. The first-order valence-electron chi connectivity index (χ1n) is 16.3. The van der Waals surface area contributed by atoms with E-state index in [1.165, 1.54) is 64.2 Å². The number of hydrogen-bond donors (Lipinski definition) is 0. The third kappa shape index (κ3) is 5.14. The Morgan fingerprint density at radius 1 is 0.639 bits per heavy atom. The maximum atomic E-state index is 4.11. The highest BCUT2D eigenvalue weighted by Crippen LogP contribution is 2.65. The highest BCUT2D eigenvalue weighted by Gasteiger charge is 2.58. The molecule has 12 unspecified atom stereocenters. The van der Waals surface area contributed by atoms with Gasteiger partial charge in [-0.25, -0.2) is 0 Å². The Labute approximate surface area is 224 Å². The molecule has 200 valence electrons. The van der Waals surface area contributed by atoms with Crippen LogP contribution in [0.5, 0.6) is 0 Å². The van der Waals surface area contributed by atoms with Crippen LogP contribution >= 0.6 is 0 Å². The van der Waals surface area contributed by atoms with Crippen molar-refractivity contribution in [2.45, 2.75) is 104 Å². The third-order valence-corrected chi connectivity index (χ3v) is 11.9.